The Labute approximate surface area is 87.8 Å². The summed E-state index contributed by atoms with van der Waals surface area (Å²) in [6.07, 6.45) is 5.54. The molecule has 0 aliphatic carbocycles. The van der Waals surface area contributed by atoms with Gasteiger partial charge in [0.05, 0.1) is 12.7 Å². The Hall–Kier alpha value is -0.520. The first-order valence-corrected chi connectivity index (χ1v) is 5.78. The summed E-state index contributed by atoms with van der Waals surface area (Å²) in [4.78, 5) is 0. The molecule has 2 nitrogen and oxygen atoms in total. The maximum absolute atomic E-state index is 3.44. The van der Waals surface area contributed by atoms with Gasteiger partial charge in [-0.1, -0.05) is 25.7 Å². The molecule has 0 aromatic heterocycles. The highest BCUT2D eigenvalue weighted by molar-refractivity contribution is 5.04. The zero-order valence-electron chi connectivity index (χ0n) is 9.40. The van der Waals surface area contributed by atoms with Crippen molar-refractivity contribution < 1.29 is 0 Å². The van der Waals surface area contributed by atoms with Gasteiger partial charge in [0, 0.05) is 5.92 Å². The maximum atomic E-state index is 3.44. The van der Waals surface area contributed by atoms with E-state index in [1.165, 1.54) is 19.3 Å². The largest absolute Gasteiger partial charge is 0.302 e. The average molecular weight is 194 g/mol. The van der Waals surface area contributed by atoms with Crippen molar-refractivity contribution in [1.29, 1.82) is 0 Å². The molecule has 0 spiro atoms. The summed E-state index contributed by atoms with van der Waals surface area (Å²) in [6, 6.07) is 0. The minimum atomic E-state index is 0.495. The molecule has 0 radical (unpaired) electrons. The van der Waals surface area contributed by atoms with Gasteiger partial charge in [-0.2, -0.15) is 0 Å². The van der Waals surface area contributed by atoms with Gasteiger partial charge in [0.1, 0.15) is 0 Å². The summed E-state index contributed by atoms with van der Waals surface area (Å²) in [5.74, 6) is 6.95. The van der Waals surface area contributed by atoms with E-state index in [9.17, 15) is 0 Å². The molecule has 0 amide bonds. The minimum Gasteiger partial charge on any atom is -0.302 e. The fraction of sp³-hybridized carbons (Fsp3) is 0.833. The third kappa shape index (κ3) is 4.64. The Bertz CT molecular complexity index is 196. The molecule has 2 heteroatoms. The van der Waals surface area contributed by atoms with E-state index >= 15 is 0 Å². The Morgan fingerprint density at radius 1 is 1.50 bits per heavy atom. The highest BCUT2D eigenvalue weighted by Crippen LogP contribution is 2.03. The lowest BCUT2D eigenvalue weighted by Gasteiger charge is -2.23. The molecule has 14 heavy (non-hydrogen) atoms. The fourth-order valence-electron chi connectivity index (χ4n) is 1.53. The van der Waals surface area contributed by atoms with Gasteiger partial charge in [0.25, 0.3) is 0 Å². The molecule has 1 rings (SSSR count). The molecule has 1 aliphatic heterocycles. The summed E-state index contributed by atoms with van der Waals surface area (Å²) >= 11 is 0. The van der Waals surface area contributed by atoms with E-state index in [1.54, 1.807) is 0 Å². The average Bonchev–Trinajstić information content (AvgIpc) is 2.25. The van der Waals surface area contributed by atoms with Crippen LogP contribution in [0.1, 0.15) is 39.5 Å². The second-order valence-corrected chi connectivity index (χ2v) is 4.01. The first-order chi connectivity index (χ1) is 6.83. The van der Waals surface area contributed by atoms with Gasteiger partial charge in [-0.05, 0) is 32.2 Å². The first kappa shape index (κ1) is 11.6. The Morgan fingerprint density at radius 2 is 2.36 bits per heavy atom. The van der Waals surface area contributed by atoms with Crippen molar-refractivity contribution in [2.45, 2.75) is 45.7 Å². The van der Waals surface area contributed by atoms with E-state index in [-0.39, 0.29) is 0 Å². The predicted octanol–water partition coefficient (Wildman–Crippen LogP) is 1.73. The van der Waals surface area contributed by atoms with Crippen LogP contribution in [0.5, 0.6) is 0 Å². The lowest BCUT2D eigenvalue weighted by molar-refractivity contribution is 0.356. The second-order valence-electron chi connectivity index (χ2n) is 4.01. The van der Waals surface area contributed by atoms with Gasteiger partial charge in [-0.25, -0.2) is 0 Å². The number of nitrogens with one attached hydrogen (secondary N) is 2. The number of piperidine rings is 1. The van der Waals surface area contributed by atoms with Crippen molar-refractivity contribution in [3.05, 3.63) is 0 Å². The van der Waals surface area contributed by atoms with Crippen molar-refractivity contribution in [2.24, 2.45) is 5.92 Å². The van der Waals surface area contributed by atoms with Gasteiger partial charge >= 0.3 is 0 Å². The van der Waals surface area contributed by atoms with Crippen LogP contribution in [-0.2, 0) is 0 Å². The summed E-state index contributed by atoms with van der Waals surface area (Å²) in [5, 5.41) is 6.86. The molecule has 80 valence electrons. The molecular weight excluding hydrogens is 172 g/mol. The van der Waals surface area contributed by atoms with E-state index < -0.39 is 0 Å². The lowest BCUT2D eigenvalue weighted by atomic mass is 10.1. The van der Waals surface area contributed by atoms with Crippen LogP contribution in [0.3, 0.4) is 0 Å². The van der Waals surface area contributed by atoms with E-state index in [4.69, 9.17) is 0 Å². The molecule has 1 fully saturated rings. The van der Waals surface area contributed by atoms with Gasteiger partial charge in [-0.3, -0.25) is 5.32 Å². The van der Waals surface area contributed by atoms with Crippen LogP contribution in [0.25, 0.3) is 0 Å². The smallest absolute Gasteiger partial charge is 0.0588 e. The van der Waals surface area contributed by atoms with Crippen LogP contribution in [0, 0.1) is 17.8 Å². The number of hydrogen-bond acceptors (Lipinski definition) is 2. The van der Waals surface area contributed by atoms with Crippen LogP contribution in [0.15, 0.2) is 0 Å². The van der Waals surface area contributed by atoms with Crippen molar-refractivity contribution in [3.63, 3.8) is 0 Å². The molecule has 2 N–H and O–H groups in total. The minimum absolute atomic E-state index is 0.495. The quantitative estimate of drug-likeness (QED) is 0.669. The first-order valence-electron chi connectivity index (χ1n) is 5.78. The standard InChI is InChI=1S/C12H22N2/c1-3-11(2)7-6-10-14-12-8-4-5-9-13-12/h11-14H,3-5,8-10H2,1-2H3. The van der Waals surface area contributed by atoms with Crippen LogP contribution >= 0.6 is 0 Å². The van der Waals surface area contributed by atoms with Crippen molar-refractivity contribution in [1.82, 2.24) is 10.6 Å². The Balaban J connectivity index is 2.09. The number of rotatable bonds is 3. The fourth-order valence-corrected chi connectivity index (χ4v) is 1.53. The van der Waals surface area contributed by atoms with E-state index in [2.05, 4.69) is 36.3 Å². The predicted molar refractivity (Wildman–Crippen MR) is 60.9 cm³/mol. The zero-order valence-corrected chi connectivity index (χ0v) is 9.40. The molecule has 0 aromatic rings. The van der Waals surface area contributed by atoms with Crippen molar-refractivity contribution in [3.8, 4) is 11.8 Å². The van der Waals surface area contributed by atoms with Crippen LogP contribution in [0.2, 0.25) is 0 Å². The molecule has 1 heterocycles. The maximum Gasteiger partial charge on any atom is 0.0588 e. The van der Waals surface area contributed by atoms with E-state index in [0.29, 0.717) is 12.1 Å². The molecule has 2 atom stereocenters. The summed E-state index contributed by atoms with van der Waals surface area (Å²) in [5.41, 5.74) is 0. The summed E-state index contributed by atoms with van der Waals surface area (Å²) in [7, 11) is 0. The summed E-state index contributed by atoms with van der Waals surface area (Å²) < 4.78 is 0. The van der Waals surface area contributed by atoms with E-state index in [1.807, 2.05) is 0 Å². The second kappa shape index (κ2) is 6.86. The molecule has 0 saturated carbocycles. The van der Waals surface area contributed by atoms with Gasteiger partial charge in [0.15, 0.2) is 0 Å². The van der Waals surface area contributed by atoms with Gasteiger partial charge in [0.2, 0.25) is 0 Å². The molecule has 0 bridgehead atoms. The molecule has 0 aromatic carbocycles. The molecule has 1 aliphatic rings. The highest BCUT2D eigenvalue weighted by Gasteiger charge is 2.09. The SMILES string of the molecule is CCC(C)C#CCNC1CCCCN1. The van der Waals surface area contributed by atoms with Crippen LogP contribution in [-0.4, -0.2) is 19.3 Å². The Morgan fingerprint density at radius 3 is 3.00 bits per heavy atom. The van der Waals surface area contributed by atoms with Crippen molar-refractivity contribution >= 4 is 0 Å². The molecule has 1 saturated heterocycles. The zero-order chi connectivity index (χ0) is 10.2. The topological polar surface area (TPSA) is 24.1 Å². The monoisotopic (exact) mass is 194 g/mol. The third-order valence-electron chi connectivity index (χ3n) is 2.71. The van der Waals surface area contributed by atoms with Crippen molar-refractivity contribution in [2.75, 3.05) is 13.1 Å². The van der Waals surface area contributed by atoms with Crippen LogP contribution in [0.4, 0.5) is 0 Å². The normalized spacial score (nSPS) is 23.7. The van der Waals surface area contributed by atoms with Gasteiger partial charge < -0.3 is 5.32 Å². The van der Waals surface area contributed by atoms with E-state index in [0.717, 1.165) is 19.5 Å². The highest BCUT2D eigenvalue weighted by atomic mass is 15.1. The van der Waals surface area contributed by atoms with Crippen LogP contribution < -0.4 is 10.6 Å². The van der Waals surface area contributed by atoms with Gasteiger partial charge in [-0.15, -0.1) is 0 Å². The Kier molecular flexibility index (Phi) is 5.66. The third-order valence-corrected chi connectivity index (χ3v) is 2.71. The lowest BCUT2D eigenvalue weighted by Crippen LogP contribution is -2.45. The molecular formula is C12H22N2. The molecule has 2 unspecified atom stereocenters. The number of hydrogen-bond donors (Lipinski definition) is 2. The summed E-state index contributed by atoms with van der Waals surface area (Å²) in [6.45, 7) is 6.32.